The Morgan fingerprint density at radius 3 is 2.38 bits per heavy atom. The van der Waals surface area contributed by atoms with Crippen molar-refractivity contribution in [3.05, 3.63) is 88.4 Å². The molecule has 5 rings (SSSR count). The predicted molar refractivity (Wildman–Crippen MR) is 183 cm³/mol. The average Bonchev–Trinajstić information content (AvgIpc) is 3.56. The molecule has 47 heavy (non-hydrogen) atoms. The van der Waals surface area contributed by atoms with Crippen LogP contribution in [-0.4, -0.2) is 65.3 Å². The number of carboxylic acid groups (broad SMARTS) is 1. The lowest BCUT2D eigenvalue weighted by atomic mass is 9.87. The normalized spacial score (nSPS) is 15.6. The third kappa shape index (κ3) is 8.75. The molecule has 11 nitrogen and oxygen atoms in total. The summed E-state index contributed by atoms with van der Waals surface area (Å²) in [4.78, 5) is 28.6. The highest BCUT2D eigenvalue weighted by Gasteiger charge is 2.46. The molecule has 1 atom stereocenters. The van der Waals surface area contributed by atoms with E-state index in [9.17, 15) is 19.8 Å². The van der Waals surface area contributed by atoms with Crippen LogP contribution < -0.4 is 19.7 Å². The van der Waals surface area contributed by atoms with Gasteiger partial charge in [0.1, 0.15) is 29.8 Å². The van der Waals surface area contributed by atoms with Crippen LogP contribution in [0.15, 0.2) is 71.7 Å². The number of methoxy groups -OCH3 is 1. The lowest BCUT2D eigenvalue weighted by Gasteiger charge is -2.29. The maximum absolute atomic E-state index is 11.5. The molecule has 0 spiro atoms. The number of aliphatic hydroxyl groups is 1. The molecule has 3 aromatic rings. The topological polar surface area (TPSA) is 168 Å². The molecular weight excluding hydrogens is 622 g/mol. The van der Waals surface area contributed by atoms with Crippen molar-refractivity contribution in [2.75, 3.05) is 25.2 Å². The SMILES string of the molecule is CC(=O)NCc1cccc(OCC(O)(C(=O)O)C2CCCC2)c1.COc1ccc2c(c1)C(c1ccc(Cl)cc1)=NCC(=N)N2C(C)=N. The molecule has 1 heterocycles. The van der Waals surface area contributed by atoms with Crippen molar-refractivity contribution in [1.29, 1.82) is 10.8 Å². The second kappa shape index (κ2) is 15.7. The largest absolute Gasteiger partial charge is 0.497 e. The maximum Gasteiger partial charge on any atom is 0.339 e. The summed E-state index contributed by atoms with van der Waals surface area (Å²) in [6, 6.07) is 20.0. The second-order valence-corrected chi connectivity index (χ2v) is 11.9. The van der Waals surface area contributed by atoms with Gasteiger partial charge in [0.25, 0.3) is 0 Å². The molecule has 1 aliphatic carbocycles. The van der Waals surface area contributed by atoms with Crippen molar-refractivity contribution in [2.45, 2.75) is 51.7 Å². The summed E-state index contributed by atoms with van der Waals surface area (Å²) < 4.78 is 10.9. The number of fused-ring (bicyclic) bond motifs is 1. The van der Waals surface area contributed by atoms with E-state index in [1.54, 1.807) is 37.1 Å². The van der Waals surface area contributed by atoms with Gasteiger partial charge in [-0.25, -0.2) is 4.79 Å². The maximum atomic E-state index is 11.5. The Morgan fingerprint density at radius 1 is 1.06 bits per heavy atom. The number of nitrogens with zero attached hydrogens (tertiary/aromatic N) is 2. The smallest absolute Gasteiger partial charge is 0.339 e. The first-order valence-electron chi connectivity index (χ1n) is 15.3. The van der Waals surface area contributed by atoms with E-state index in [-0.39, 0.29) is 36.6 Å². The van der Waals surface area contributed by atoms with Crippen LogP contribution in [0.1, 0.15) is 56.2 Å². The summed E-state index contributed by atoms with van der Waals surface area (Å²) in [5.41, 5.74) is 2.23. The predicted octanol–water partition coefficient (Wildman–Crippen LogP) is 5.69. The highest BCUT2D eigenvalue weighted by molar-refractivity contribution is 6.31. The number of carbonyl (C=O) groups is 2. The van der Waals surface area contributed by atoms with Crippen LogP contribution >= 0.6 is 11.6 Å². The zero-order chi connectivity index (χ0) is 34.1. The fourth-order valence-corrected chi connectivity index (χ4v) is 5.77. The monoisotopic (exact) mass is 661 g/mol. The molecule has 1 saturated carbocycles. The van der Waals surface area contributed by atoms with Gasteiger partial charge in [0, 0.05) is 35.5 Å². The molecule has 0 bridgehead atoms. The number of carboxylic acids is 1. The number of amides is 1. The molecule has 2 aliphatic rings. The fourth-order valence-electron chi connectivity index (χ4n) is 5.64. The number of rotatable bonds is 9. The van der Waals surface area contributed by atoms with Gasteiger partial charge in [-0.1, -0.05) is 48.7 Å². The minimum Gasteiger partial charge on any atom is -0.497 e. The van der Waals surface area contributed by atoms with Crippen LogP contribution in [0.3, 0.4) is 0 Å². The van der Waals surface area contributed by atoms with Crippen molar-refractivity contribution >= 4 is 46.5 Å². The average molecular weight is 662 g/mol. The summed E-state index contributed by atoms with van der Waals surface area (Å²) in [6.45, 7) is 3.39. The number of nitrogens with one attached hydrogen (secondary N) is 3. The number of halogens is 1. The lowest BCUT2D eigenvalue weighted by molar-refractivity contribution is -0.169. The van der Waals surface area contributed by atoms with Crippen molar-refractivity contribution in [3.63, 3.8) is 0 Å². The quantitative estimate of drug-likeness (QED) is 0.145. The molecule has 5 N–H and O–H groups in total. The first kappa shape index (κ1) is 35.1. The van der Waals surface area contributed by atoms with E-state index in [2.05, 4.69) is 10.3 Å². The number of benzodiazepines with no additional fused rings is 1. The molecule has 1 unspecified atom stereocenters. The number of carbonyl (C=O) groups excluding carboxylic acids is 1. The first-order valence-corrected chi connectivity index (χ1v) is 15.6. The number of hydrogen-bond donors (Lipinski definition) is 5. The fraction of sp³-hybridized carbons (Fsp3) is 0.343. The molecule has 12 heteroatoms. The summed E-state index contributed by atoms with van der Waals surface area (Å²) in [5.74, 6) is 0.0768. The van der Waals surface area contributed by atoms with Gasteiger partial charge in [-0.2, -0.15) is 0 Å². The van der Waals surface area contributed by atoms with Crippen molar-refractivity contribution in [2.24, 2.45) is 10.9 Å². The van der Waals surface area contributed by atoms with Gasteiger partial charge in [0.05, 0.1) is 25.1 Å². The summed E-state index contributed by atoms with van der Waals surface area (Å²) in [7, 11) is 1.61. The Hall–Kier alpha value is -4.74. The highest BCUT2D eigenvalue weighted by Crippen LogP contribution is 2.35. The summed E-state index contributed by atoms with van der Waals surface area (Å²) >= 11 is 5.99. The molecule has 0 aromatic heterocycles. The Labute approximate surface area is 279 Å². The van der Waals surface area contributed by atoms with Gasteiger partial charge in [-0.3, -0.25) is 25.5 Å². The van der Waals surface area contributed by atoms with E-state index in [0.717, 1.165) is 40.9 Å². The van der Waals surface area contributed by atoms with Crippen molar-refractivity contribution in [3.8, 4) is 11.5 Å². The van der Waals surface area contributed by atoms with Gasteiger partial charge in [-0.05, 0) is 67.8 Å². The third-order valence-corrected chi connectivity index (χ3v) is 8.36. The molecule has 0 radical (unpaired) electrons. The van der Waals surface area contributed by atoms with E-state index in [1.165, 1.54) is 6.92 Å². The van der Waals surface area contributed by atoms with Gasteiger partial charge in [-0.15, -0.1) is 0 Å². The van der Waals surface area contributed by atoms with Crippen LogP contribution in [0.2, 0.25) is 5.02 Å². The van der Waals surface area contributed by atoms with Crippen molar-refractivity contribution in [1.82, 2.24) is 5.32 Å². The number of hydrogen-bond acceptors (Lipinski definition) is 8. The number of aliphatic imine (C=N–C) groups is 1. The van der Waals surface area contributed by atoms with Crippen LogP contribution in [0.5, 0.6) is 11.5 Å². The Kier molecular flexibility index (Phi) is 11.7. The zero-order valence-electron chi connectivity index (χ0n) is 26.7. The molecule has 1 amide bonds. The Morgan fingerprint density at radius 2 is 1.77 bits per heavy atom. The lowest BCUT2D eigenvalue weighted by Crippen LogP contribution is -2.50. The first-order chi connectivity index (χ1) is 22.4. The molecular formula is C35H40ClN5O6. The number of amidine groups is 2. The minimum absolute atomic E-state index is 0.127. The summed E-state index contributed by atoms with van der Waals surface area (Å²) in [6.07, 6.45) is 3.28. The van der Waals surface area contributed by atoms with Crippen LogP contribution in [-0.2, 0) is 16.1 Å². The number of benzene rings is 3. The van der Waals surface area contributed by atoms with E-state index < -0.39 is 11.6 Å². The molecule has 1 aliphatic heterocycles. The van der Waals surface area contributed by atoms with Gasteiger partial charge in [0.2, 0.25) is 5.91 Å². The molecule has 1 fully saturated rings. The third-order valence-electron chi connectivity index (χ3n) is 8.11. The van der Waals surface area contributed by atoms with Gasteiger partial charge < -0.3 is 25.0 Å². The number of anilines is 1. The van der Waals surface area contributed by atoms with E-state index in [4.69, 9.17) is 31.9 Å². The van der Waals surface area contributed by atoms with E-state index >= 15 is 0 Å². The van der Waals surface area contributed by atoms with Gasteiger partial charge in [0.15, 0.2) is 5.60 Å². The van der Waals surface area contributed by atoms with Crippen LogP contribution in [0.25, 0.3) is 0 Å². The second-order valence-electron chi connectivity index (χ2n) is 11.5. The van der Waals surface area contributed by atoms with Crippen molar-refractivity contribution < 1.29 is 29.3 Å². The van der Waals surface area contributed by atoms with Gasteiger partial charge >= 0.3 is 5.97 Å². The molecule has 248 valence electrons. The zero-order valence-corrected chi connectivity index (χ0v) is 27.4. The molecule has 3 aromatic carbocycles. The standard InChI is InChI=1S/C18H17ClN4O.C17H23NO5/c1-11(20)23-16-8-7-14(24-2)9-15(16)18(22-10-17(23)21)12-3-5-13(19)6-4-12;1-12(19)18-10-13-5-4-8-15(9-13)23-11-17(22,16(20)21)14-6-2-3-7-14/h3-9,20-21H,10H2,1-2H3;4-5,8-9,14,22H,2-3,6-7,10-11H2,1H3,(H,18,19)(H,20,21). The number of aliphatic carboxylic acids is 1. The number of ether oxygens (including phenoxy) is 2. The molecule has 0 saturated heterocycles. The Balaban J connectivity index is 0.000000213. The summed E-state index contributed by atoms with van der Waals surface area (Å²) in [5, 5.41) is 39.5. The Bertz CT molecular complexity index is 1650. The minimum atomic E-state index is -1.86. The van der Waals surface area contributed by atoms with E-state index in [1.807, 2.05) is 48.5 Å². The van der Waals surface area contributed by atoms with E-state index in [0.29, 0.717) is 35.9 Å². The highest BCUT2D eigenvalue weighted by atomic mass is 35.5. The van der Waals surface area contributed by atoms with Crippen LogP contribution in [0, 0.1) is 16.7 Å². The van der Waals surface area contributed by atoms with Crippen LogP contribution in [0.4, 0.5) is 5.69 Å².